The second kappa shape index (κ2) is 9.20. The van der Waals surface area contributed by atoms with Crippen LogP contribution in [0, 0.1) is 0 Å². The third-order valence-electron chi connectivity index (χ3n) is 3.15. The fourth-order valence-corrected chi connectivity index (χ4v) is 2.00. The predicted molar refractivity (Wildman–Crippen MR) is 82.8 cm³/mol. The Morgan fingerprint density at radius 3 is 2.48 bits per heavy atom. The van der Waals surface area contributed by atoms with Crippen molar-refractivity contribution in [2.75, 3.05) is 58.3 Å². The molecule has 0 heterocycles. The van der Waals surface area contributed by atoms with E-state index in [9.17, 15) is 4.79 Å². The molecule has 0 aliphatic rings. The van der Waals surface area contributed by atoms with Crippen LogP contribution in [0.25, 0.3) is 0 Å². The largest absolute Gasteiger partial charge is 0.465 e. The van der Waals surface area contributed by atoms with Crippen molar-refractivity contribution in [2.45, 2.75) is 6.42 Å². The van der Waals surface area contributed by atoms with E-state index >= 15 is 0 Å². The molecule has 0 amide bonds. The van der Waals surface area contributed by atoms with Crippen molar-refractivity contribution in [3.8, 4) is 0 Å². The van der Waals surface area contributed by atoms with Crippen LogP contribution in [-0.2, 0) is 14.2 Å². The van der Waals surface area contributed by atoms with E-state index < -0.39 is 5.97 Å². The monoisotopic (exact) mass is 296 g/mol. The average Bonchev–Trinajstić information content (AvgIpc) is 2.50. The Morgan fingerprint density at radius 2 is 1.86 bits per heavy atom. The summed E-state index contributed by atoms with van der Waals surface area (Å²) in [5, 5.41) is 0. The number of carbonyl (C=O) groups is 1. The first-order chi connectivity index (χ1) is 10.1. The number of nitrogens with two attached hydrogens (primary N) is 1. The Balaban J connectivity index is 2.92. The Morgan fingerprint density at radius 1 is 1.14 bits per heavy atom. The minimum Gasteiger partial charge on any atom is -0.465 e. The van der Waals surface area contributed by atoms with Gasteiger partial charge in [-0.2, -0.15) is 0 Å². The lowest BCUT2D eigenvalue weighted by molar-refractivity contribution is 0.0602. The minimum atomic E-state index is -0.432. The Labute approximate surface area is 125 Å². The molecule has 0 unspecified atom stereocenters. The molecule has 0 atom stereocenters. The molecule has 0 aromatic heterocycles. The zero-order chi connectivity index (χ0) is 15.7. The van der Waals surface area contributed by atoms with Gasteiger partial charge in [0.15, 0.2) is 0 Å². The fourth-order valence-electron chi connectivity index (χ4n) is 2.00. The highest BCUT2D eigenvalue weighted by Crippen LogP contribution is 2.22. The number of methoxy groups -OCH3 is 3. The first kappa shape index (κ1) is 17.3. The summed E-state index contributed by atoms with van der Waals surface area (Å²) in [6, 6.07) is 5.37. The fraction of sp³-hybridized carbons (Fsp3) is 0.533. The van der Waals surface area contributed by atoms with E-state index in [0.717, 1.165) is 25.2 Å². The molecule has 0 saturated heterocycles. The van der Waals surface area contributed by atoms with E-state index in [0.29, 0.717) is 24.5 Å². The molecule has 118 valence electrons. The van der Waals surface area contributed by atoms with E-state index in [2.05, 4.69) is 4.90 Å². The van der Waals surface area contributed by atoms with Crippen molar-refractivity contribution in [1.29, 1.82) is 0 Å². The Kier molecular flexibility index (Phi) is 7.56. The summed E-state index contributed by atoms with van der Waals surface area (Å²) in [6.07, 6.45) is 0.887. The molecule has 1 aromatic rings. The van der Waals surface area contributed by atoms with Gasteiger partial charge in [-0.05, 0) is 24.6 Å². The number of hydrogen-bond donors (Lipinski definition) is 1. The second-order valence-electron chi connectivity index (χ2n) is 4.59. The summed E-state index contributed by atoms with van der Waals surface area (Å²) < 4.78 is 15.0. The smallest absolute Gasteiger partial charge is 0.340 e. The van der Waals surface area contributed by atoms with Gasteiger partial charge in [0.25, 0.3) is 0 Å². The lowest BCUT2D eigenvalue weighted by Crippen LogP contribution is -2.29. The molecule has 0 spiro atoms. The Bertz CT molecular complexity index is 451. The van der Waals surface area contributed by atoms with E-state index in [1.165, 1.54) is 7.11 Å². The summed E-state index contributed by atoms with van der Waals surface area (Å²) in [4.78, 5) is 13.9. The van der Waals surface area contributed by atoms with Gasteiger partial charge in [0.2, 0.25) is 0 Å². The van der Waals surface area contributed by atoms with Crippen molar-refractivity contribution in [2.24, 2.45) is 0 Å². The summed E-state index contributed by atoms with van der Waals surface area (Å²) in [5.74, 6) is -0.432. The van der Waals surface area contributed by atoms with Crippen LogP contribution in [0.3, 0.4) is 0 Å². The van der Waals surface area contributed by atoms with Gasteiger partial charge < -0.3 is 24.8 Å². The Hall–Kier alpha value is -1.79. The number of rotatable bonds is 9. The molecule has 6 nitrogen and oxygen atoms in total. The van der Waals surface area contributed by atoms with Gasteiger partial charge in [-0.15, -0.1) is 0 Å². The first-order valence-corrected chi connectivity index (χ1v) is 6.84. The molecule has 0 aliphatic heterocycles. The summed E-state index contributed by atoms with van der Waals surface area (Å²) >= 11 is 0. The number of anilines is 2. The van der Waals surface area contributed by atoms with Gasteiger partial charge in [-0.1, -0.05) is 0 Å². The molecule has 0 radical (unpaired) electrons. The van der Waals surface area contributed by atoms with Gasteiger partial charge in [0.1, 0.15) is 0 Å². The van der Waals surface area contributed by atoms with Gasteiger partial charge in [0, 0.05) is 45.3 Å². The van der Waals surface area contributed by atoms with E-state index in [4.69, 9.17) is 19.9 Å². The molecule has 1 aromatic carbocycles. The standard InChI is InChI=1S/C15H24N2O4/c1-19-9-4-7-17(8-10-20-2)12-5-6-14(16)13(11-12)15(18)21-3/h5-6,11H,4,7-10,16H2,1-3H3. The minimum absolute atomic E-state index is 0.379. The number of hydrogen-bond acceptors (Lipinski definition) is 6. The number of esters is 1. The molecule has 2 N–H and O–H groups in total. The van der Waals surface area contributed by atoms with Crippen molar-refractivity contribution in [3.05, 3.63) is 23.8 Å². The SMILES string of the molecule is COCCCN(CCOC)c1ccc(N)c(C(=O)OC)c1. The number of ether oxygens (including phenoxy) is 3. The van der Waals surface area contributed by atoms with E-state index in [1.54, 1.807) is 26.4 Å². The van der Waals surface area contributed by atoms with Crippen molar-refractivity contribution < 1.29 is 19.0 Å². The normalized spacial score (nSPS) is 10.4. The molecular formula is C15H24N2O4. The molecule has 6 heteroatoms. The molecule has 21 heavy (non-hydrogen) atoms. The van der Waals surface area contributed by atoms with Gasteiger partial charge in [0.05, 0.1) is 19.3 Å². The highest BCUT2D eigenvalue weighted by Gasteiger charge is 2.14. The van der Waals surface area contributed by atoms with Crippen LogP contribution in [0.1, 0.15) is 16.8 Å². The zero-order valence-electron chi connectivity index (χ0n) is 12.9. The second-order valence-corrected chi connectivity index (χ2v) is 4.59. The van der Waals surface area contributed by atoms with Crippen LogP contribution in [-0.4, -0.2) is 53.6 Å². The van der Waals surface area contributed by atoms with E-state index in [1.807, 2.05) is 6.07 Å². The number of nitrogens with zero attached hydrogens (tertiary/aromatic N) is 1. The lowest BCUT2D eigenvalue weighted by Gasteiger charge is -2.25. The molecule has 0 saturated carbocycles. The third-order valence-corrected chi connectivity index (χ3v) is 3.15. The third kappa shape index (κ3) is 5.24. The van der Waals surface area contributed by atoms with Gasteiger partial charge in [-0.25, -0.2) is 4.79 Å². The summed E-state index contributed by atoms with van der Waals surface area (Å²) in [5.41, 5.74) is 7.53. The first-order valence-electron chi connectivity index (χ1n) is 6.84. The quantitative estimate of drug-likeness (QED) is 0.423. The maximum Gasteiger partial charge on any atom is 0.340 e. The van der Waals surface area contributed by atoms with Crippen LogP contribution in [0.2, 0.25) is 0 Å². The molecule has 0 bridgehead atoms. The van der Waals surface area contributed by atoms with E-state index in [-0.39, 0.29) is 0 Å². The number of carbonyl (C=O) groups excluding carboxylic acids is 1. The molecule has 1 rings (SSSR count). The molecule has 0 aliphatic carbocycles. The maximum absolute atomic E-state index is 11.7. The number of benzene rings is 1. The van der Waals surface area contributed by atoms with Crippen molar-refractivity contribution >= 4 is 17.3 Å². The number of nitrogen functional groups attached to an aromatic ring is 1. The van der Waals surface area contributed by atoms with Crippen LogP contribution in [0.15, 0.2) is 18.2 Å². The molecular weight excluding hydrogens is 272 g/mol. The predicted octanol–water partition coefficient (Wildman–Crippen LogP) is 1.54. The lowest BCUT2D eigenvalue weighted by atomic mass is 10.1. The highest BCUT2D eigenvalue weighted by molar-refractivity contribution is 5.96. The van der Waals surface area contributed by atoms with Crippen LogP contribution < -0.4 is 10.6 Å². The van der Waals surface area contributed by atoms with Crippen molar-refractivity contribution in [1.82, 2.24) is 0 Å². The zero-order valence-corrected chi connectivity index (χ0v) is 12.9. The van der Waals surface area contributed by atoms with Crippen LogP contribution in [0.5, 0.6) is 0 Å². The topological polar surface area (TPSA) is 74.0 Å². The average molecular weight is 296 g/mol. The maximum atomic E-state index is 11.7. The van der Waals surface area contributed by atoms with Gasteiger partial charge >= 0.3 is 5.97 Å². The summed E-state index contributed by atoms with van der Waals surface area (Å²) in [7, 11) is 4.68. The highest BCUT2D eigenvalue weighted by atomic mass is 16.5. The summed E-state index contributed by atoms with van der Waals surface area (Å²) in [6.45, 7) is 2.82. The van der Waals surface area contributed by atoms with Gasteiger partial charge in [-0.3, -0.25) is 0 Å². The molecule has 0 fully saturated rings. The van der Waals surface area contributed by atoms with Crippen molar-refractivity contribution in [3.63, 3.8) is 0 Å². The van der Waals surface area contributed by atoms with Crippen LogP contribution >= 0.6 is 0 Å². The van der Waals surface area contributed by atoms with Crippen LogP contribution in [0.4, 0.5) is 11.4 Å².